The first kappa shape index (κ1) is 12.3. The standard InChI is InChI=1S/C15H14FNO/c1-11(18)12-6-8-14(9-7-12)17-10-13-4-2-3-5-15(13)16/h2-9,17H,10H2,1H3. The van der Waals surface area contributed by atoms with E-state index in [0.717, 1.165) is 5.69 Å². The Labute approximate surface area is 105 Å². The van der Waals surface area contributed by atoms with Crippen molar-refractivity contribution in [2.45, 2.75) is 13.5 Å². The number of ketones is 1. The zero-order valence-corrected chi connectivity index (χ0v) is 10.1. The molecular weight excluding hydrogens is 229 g/mol. The number of nitrogens with one attached hydrogen (secondary N) is 1. The molecule has 0 heterocycles. The highest BCUT2D eigenvalue weighted by Gasteiger charge is 2.01. The lowest BCUT2D eigenvalue weighted by Crippen LogP contribution is -2.02. The van der Waals surface area contributed by atoms with Gasteiger partial charge in [0.25, 0.3) is 0 Å². The van der Waals surface area contributed by atoms with Gasteiger partial charge in [-0.3, -0.25) is 4.79 Å². The third kappa shape index (κ3) is 2.94. The van der Waals surface area contributed by atoms with Crippen molar-refractivity contribution in [2.24, 2.45) is 0 Å². The molecule has 0 aromatic heterocycles. The number of anilines is 1. The molecule has 0 amide bonds. The number of carbonyl (C=O) groups is 1. The highest BCUT2D eigenvalue weighted by molar-refractivity contribution is 5.94. The van der Waals surface area contributed by atoms with Gasteiger partial charge in [0, 0.05) is 23.4 Å². The molecule has 0 saturated heterocycles. The Morgan fingerprint density at radius 2 is 1.78 bits per heavy atom. The average Bonchev–Trinajstić information content (AvgIpc) is 2.38. The Bertz CT molecular complexity index is 549. The van der Waals surface area contributed by atoms with E-state index in [-0.39, 0.29) is 11.6 Å². The highest BCUT2D eigenvalue weighted by Crippen LogP contribution is 2.13. The van der Waals surface area contributed by atoms with Gasteiger partial charge in [0.05, 0.1) is 0 Å². The molecule has 0 fully saturated rings. The summed E-state index contributed by atoms with van der Waals surface area (Å²) in [5.41, 5.74) is 2.16. The molecule has 0 aliphatic heterocycles. The Kier molecular flexibility index (Phi) is 3.72. The first-order valence-corrected chi connectivity index (χ1v) is 5.75. The smallest absolute Gasteiger partial charge is 0.159 e. The normalized spacial score (nSPS) is 10.1. The van der Waals surface area contributed by atoms with Gasteiger partial charge in [-0.05, 0) is 37.3 Å². The fourth-order valence-corrected chi connectivity index (χ4v) is 1.66. The van der Waals surface area contributed by atoms with Crippen molar-refractivity contribution in [3.8, 4) is 0 Å². The van der Waals surface area contributed by atoms with E-state index in [2.05, 4.69) is 5.32 Å². The van der Waals surface area contributed by atoms with E-state index >= 15 is 0 Å². The van der Waals surface area contributed by atoms with Gasteiger partial charge in [0.1, 0.15) is 5.82 Å². The maximum Gasteiger partial charge on any atom is 0.159 e. The summed E-state index contributed by atoms with van der Waals surface area (Å²) in [6, 6.07) is 13.8. The third-order valence-corrected chi connectivity index (χ3v) is 2.73. The maximum absolute atomic E-state index is 13.4. The summed E-state index contributed by atoms with van der Waals surface area (Å²) >= 11 is 0. The van der Waals surface area contributed by atoms with E-state index in [9.17, 15) is 9.18 Å². The number of Topliss-reactive ketones (excluding diaryl/α,β-unsaturated/α-hetero) is 1. The fraction of sp³-hybridized carbons (Fsp3) is 0.133. The van der Waals surface area contributed by atoms with Gasteiger partial charge in [-0.2, -0.15) is 0 Å². The molecule has 0 aliphatic rings. The number of hydrogen-bond donors (Lipinski definition) is 1. The second-order valence-electron chi connectivity index (χ2n) is 4.08. The van der Waals surface area contributed by atoms with Crippen molar-refractivity contribution >= 4 is 11.5 Å². The molecule has 0 aliphatic carbocycles. The molecule has 2 rings (SSSR count). The van der Waals surface area contributed by atoms with Crippen LogP contribution in [0.3, 0.4) is 0 Å². The molecule has 92 valence electrons. The first-order chi connectivity index (χ1) is 8.66. The van der Waals surface area contributed by atoms with Crippen LogP contribution in [0.2, 0.25) is 0 Å². The van der Waals surface area contributed by atoms with Crippen LogP contribution in [0, 0.1) is 5.82 Å². The van der Waals surface area contributed by atoms with Crippen molar-refractivity contribution < 1.29 is 9.18 Å². The minimum atomic E-state index is -0.217. The molecule has 18 heavy (non-hydrogen) atoms. The van der Waals surface area contributed by atoms with Crippen LogP contribution in [0.1, 0.15) is 22.8 Å². The zero-order valence-electron chi connectivity index (χ0n) is 10.1. The summed E-state index contributed by atoms with van der Waals surface area (Å²) in [4.78, 5) is 11.1. The number of hydrogen-bond acceptors (Lipinski definition) is 2. The Morgan fingerprint density at radius 3 is 2.39 bits per heavy atom. The number of rotatable bonds is 4. The van der Waals surface area contributed by atoms with Crippen LogP contribution < -0.4 is 5.32 Å². The minimum Gasteiger partial charge on any atom is -0.381 e. The summed E-state index contributed by atoms with van der Waals surface area (Å²) in [6.45, 7) is 1.95. The van der Waals surface area contributed by atoms with E-state index in [1.165, 1.54) is 13.0 Å². The van der Waals surface area contributed by atoms with Crippen LogP contribution in [0.25, 0.3) is 0 Å². The van der Waals surface area contributed by atoms with Gasteiger partial charge in [-0.1, -0.05) is 18.2 Å². The van der Waals surface area contributed by atoms with Crippen molar-refractivity contribution in [1.82, 2.24) is 0 Å². The predicted octanol–water partition coefficient (Wildman–Crippen LogP) is 3.64. The molecule has 0 radical (unpaired) electrons. The SMILES string of the molecule is CC(=O)c1ccc(NCc2ccccc2F)cc1. The highest BCUT2D eigenvalue weighted by atomic mass is 19.1. The molecule has 2 nitrogen and oxygen atoms in total. The number of benzene rings is 2. The van der Waals surface area contributed by atoms with Gasteiger partial charge in [-0.25, -0.2) is 4.39 Å². The molecule has 0 saturated carbocycles. The van der Waals surface area contributed by atoms with Gasteiger partial charge >= 0.3 is 0 Å². The molecule has 2 aromatic rings. The van der Waals surface area contributed by atoms with Crippen molar-refractivity contribution in [2.75, 3.05) is 5.32 Å². The van der Waals surface area contributed by atoms with Crippen molar-refractivity contribution in [3.63, 3.8) is 0 Å². The second kappa shape index (κ2) is 5.45. The number of halogens is 1. The molecule has 0 unspecified atom stereocenters. The lowest BCUT2D eigenvalue weighted by Gasteiger charge is -2.07. The maximum atomic E-state index is 13.4. The number of carbonyl (C=O) groups excluding carboxylic acids is 1. The fourth-order valence-electron chi connectivity index (χ4n) is 1.66. The van der Waals surface area contributed by atoms with Gasteiger partial charge < -0.3 is 5.32 Å². The second-order valence-corrected chi connectivity index (χ2v) is 4.08. The van der Waals surface area contributed by atoms with E-state index in [4.69, 9.17) is 0 Å². The monoisotopic (exact) mass is 243 g/mol. The molecular formula is C15H14FNO. The topological polar surface area (TPSA) is 29.1 Å². The molecule has 0 spiro atoms. The molecule has 3 heteroatoms. The van der Waals surface area contributed by atoms with Crippen LogP contribution in [-0.4, -0.2) is 5.78 Å². The van der Waals surface area contributed by atoms with Gasteiger partial charge in [0.2, 0.25) is 0 Å². The zero-order chi connectivity index (χ0) is 13.0. The van der Waals surface area contributed by atoms with Crippen LogP contribution in [-0.2, 0) is 6.54 Å². The van der Waals surface area contributed by atoms with Crippen molar-refractivity contribution in [3.05, 3.63) is 65.5 Å². The van der Waals surface area contributed by atoms with Crippen LogP contribution in [0.4, 0.5) is 10.1 Å². The minimum absolute atomic E-state index is 0.0376. The molecule has 1 N–H and O–H groups in total. The molecule has 0 atom stereocenters. The van der Waals surface area contributed by atoms with Crippen LogP contribution >= 0.6 is 0 Å². The average molecular weight is 243 g/mol. The summed E-state index contributed by atoms with van der Waals surface area (Å²) in [5.74, 6) is -0.180. The quantitative estimate of drug-likeness (QED) is 0.830. The van der Waals surface area contributed by atoms with Gasteiger partial charge in [0.15, 0.2) is 5.78 Å². The Morgan fingerprint density at radius 1 is 1.11 bits per heavy atom. The van der Waals surface area contributed by atoms with Gasteiger partial charge in [-0.15, -0.1) is 0 Å². The van der Waals surface area contributed by atoms with E-state index in [1.54, 1.807) is 30.3 Å². The predicted molar refractivity (Wildman–Crippen MR) is 70.2 cm³/mol. The summed E-state index contributed by atoms with van der Waals surface area (Å²) in [5, 5.41) is 3.12. The molecule has 0 bridgehead atoms. The first-order valence-electron chi connectivity index (χ1n) is 5.75. The summed E-state index contributed by atoms with van der Waals surface area (Å²) < 4.78 is 13.4. The van der Waals surface area contributed by atoms with Crippen LogP contribution in [0.5, 0.6) is 0 Å². The third-order valence-electron chi connectivity index (χ3n) is 2.73. The summed E-state index contributed by atoms with van der Waals surface area (Å²) in [6.07, 6.45) is 0. The van der Waals surface area contributed by atoms with Crippen molar-refractivity contribution in [1.29, 1.82) is 0 Å². The van der Waals surface area contributed by atoms with E-state index in [1.807, 2.05) is 12.1 Å². The lowest BCUT2D eigenvalue weighted by atomic mass is 10.1. The largest absolute Gasteiger partial charge is 0.381 e. The Balaban J connectivity index is 2.02. The summed E-state index contributed by atoms with van der Waals surface area (Å²) in [7, 11) is 0. The van der Waals surface area contributed by atoms with E-state index < -0.39 is 0 Å². The lowest BCUT2D eigenvalue weighted by molar-refractivity contribution is 0.101. The van der Waals surface area contributed by atoms with Crippen LogP contribution in [0.15, 0.2) is 48.5 Å². The van der Waals surface area contributed by atoms with E-state index in [0.29, 0.717) is 17.7 Å². The Hall–Kier alpha value is -2.16. The molecule has 2 aromatic carbocycles.